The van der Waals surface area contributed by atoms with Gasteiger partial charge in [0.25, 0.3) is 0 Å². The van der Waals surface area contributed by atoms with Gasteiger partial charge in [-0.05, 0) is 36.2 Å². The SMILES string of the molecule is COc1cc(C23CC2(C(=O)Nc2cc(C#N)cc(C(F)(F)F)c2)C2CC(O)C3O2)ccn1. The Hall–Kier alpha value is -3.16. The van der Waals surface area contributed by atoms with Gasteiger partial charge in [-0.15, -0.1) is 0 Å². The van der Waals surface area contributed by atoms with E-state index in [0.717, 1.165) is 12.1 Å². The summed E-state index contributed by atoms with van der Waals surface area (Å²) in [5.41, 5.74) is -2.53. The Bertz CT molecular complexity index is 1160. The van der Waals surface area contributed by atoms with E-state index in [9.17, 15) is 23.1 Å². The van der Waals surface area contributed by atoms with Crippen molar-refractivity contribution in [2.75, 3.05) is 12.4 Å². The average molecular weight is 445 g/mol. The first kappa shape index (κ1) is 20.7. The fourth-order valence-electron chi connectivity index (χ4n) is 5.50. The van der Waals surface area contributed by atoms with Gasteiger partial charge in [-0.1, -0.05) is 0 Å². The molecule has 1 saturated carbocycles. The van der Waals surface area contributed by atoms with Crippen molar-refractivity contribution in [2.45, 2.75) is 42.7 Å². The molecule has 1 aromatic carbocycles. The summed E-state index contributed by atoms with van der Waals surface area (Å²) in [6.07, 6.45) is -4.47. The van der Waals surface area contributed by atoms with Gasteiger partial charge in [0.1, 0.15) is 0 Å². The standard InChI is InChI=1S/C22H18F3N3O4/c1-31-17-7-12(2-3-27-17)20-10-21(20,16-8-15(29)18(20)32-16)19(30)28-14-5-11(9-26)4-13(6-14)22(23,24)25/h2-7,15-16,18,29H,8,10H2,1H3,(H,28,30). The van der Waals surface area contributed by atoms with Crippen molar-refractivity contribution in [3.8, 4) is 11.9 Å². The highest BCUT2D eigenvalue weighted by molar-refractivity contribution is 6.01. The molecule has 5 rings (SSSR count). The number of methoxy groups -OCH3 is 1. The molecule has 5 atom stereocenters. The molecular formula is C22H18F3N3O4. The maximum atomic E-state index is 13.5. The van der Waals surface area contributed by atoms with Crippen LogP contribution in [0.1, 0.15) is 29.5 Å². The van der Waals surface area contributed by atoms with Gasteiger partial charge in [-0.2, -0.15) is 18.4 Å². The minimum Gasteiger partial charge on any atom is -0.481 e. The van der Waals surface area contributed by atoms with E-state index in [1.54, 1.807) is 18.2 Å². The van der Waals surface area contributed by atoms with Crippen molar-refractivity contribution in [1.82, 2.24) is 4.98 Å². The lowest BCUT2D eigenvalue weighted by atomic mass is 9.74. The lowest BCUT2D eigenvalue weighted by Gasteiger charge is -2.29. The first-order chi connectivity index (χ1) is 15.2. The minimum atomic E-state index is -4.67. The molecule has 0 spiro atoms. The van der Waals surface area contributed by atoms with E-state index >= 15 is 0 Å². The fourth-order valence-corrected chi connectivity index (χ4v) is 5.50. The maximum absolute atomic E-state index is 13.5. The van der Waals surface area contributed by atoms with Crippen LogP contribution in [0.15, 0.2) is 36.5 Å². The van der Waals surface area contributed by atoms with Crippen LogP contribution in [0, 0.1) is 16.7 Å². The van der Waals surface area contributed by atoms with Crippen molar-refractivity contribution in [1.29, 1.82) is 5.26 Å². The van der Waals surface area contributed by atoms with Crippen LogP contribution in [0.5, 0.6) is 5.88 Å². The zero-order valence-corrected chi connectivity index (χ0v) is 16.8. The number of aliphatic hydroxyl groups is 1. The van der Waals surface area contributed by atoms with Gasteiger partial charge in [0.2, 0.25) is 11.8 Å². The summed E-state index contributed by atoms with van der Waals surface area (Å²) in [6.45, 7) is 0. The van der Waals surface area contributed by atoms with E-state index in [4.69, 9.17) is 14.7 Å². The zero-order chi connectivity index (χ0) is 22.9. The molecule has 1 aromatic heterocycles. The van der Waals surface area contributed by atoms with E-state index in [1.165, 1.54) is 19.4 Å². The van der Waals surface area contributed by atoms with E-state index in [-0.39, 0.29) is 17.7 Å². The Labute approximate surface area is 180 Å². The van der Waals surface area contributed by atoms with Crippen molar-refractivity contribution < 1.29 is 32.5 Å². The molecule has 5 unspecified atom stereocenters. The topological polar surface area (TPSA) is 104 Å². The molecular weight excluding hydrogens is 427 g/mol. The number of anilines is 1. The Balaban J connectivity index is 1.52. The predicted molar refractivity (Wildman–Crippen MR) is 104 cm³/mol. The number of aliphatic hydroxyl groups excluding tert-OH is 1. The average Bonchev–Trinajstić information content (AvgIpc) is 3.26. The second kappa shape index (κ2) is 6.67. The quantitative estimate of drug-likeness (QED) is 0.750. The number of aromatic nitrogens is 1. The predicted octanol–water partition coefficient (Wildman–Crippen LogP) is 2.78. The Morgan fingerprint density at radius 2 is 2.16 bits per heavy atom. The summed E-state index contributed by atoms with van der Waals surface area (Å²) >= 11 is 0. The van der Waals surface area contributed by atoms with Crippen LogP contribution < -0.4 is 10.1 Å². The molecule has 1 aliphatic carbocycles. The highest BCUT2D eigenvalue weighted by Crippen LogP contribution is 2.77. The third-order valence-corrected chi connectivity index (χ3v) is 6.89. The van der Waals surface area contributed by atoms with Gasteiger partial charge in [0, 0.05) is 29.8 Å². The van der Waals surface area contributed by atoms with Crippen LogP contribution in [0.3, 0.4) is 0 Å². The van der Waals surface area contributed by atoms with Crippen molar-refractivity contribution in [2.24, 2.45) is 5.41 Å². The highest BCUT2D eigenvalue weighted by Gasteiger charge is 2.87. The maximum Gasteiger partial charge on any atom is 0.416 e. The molecule has 2 bridgehead atoms. The molecule has 32 heavy (non-hydrogen) atoms. The molecule has 7 nitrogen and oxygen atoms in total. The van der Waals surface area contributed by atoms with Crippen LogP contribution in [0.4, 0.5) is 18.9 Å². The van der Waals surface area contributed by atoms with Gasteiger partial charge >= 0.3 is 6.18 Å². The van der Waals surface area contributed by atoms with E-state index < -0.39 is 46.8 Å². The van der Waals surface area contributed by atoms with Crippen LogP contribution in [0.25, 0.3) is 0 Å². The third kappa shape index (κ3) is 2.68. The summed E-state index contributed by atoms with van der Waals surface area (Å²) < 4.78 is 50.9. The molecule has 2 saturated heterocycles. The normalized spacial score (nSPS) is 32.2. The Morgan fingerprint density at radius 3 is 2.84 bits per heavy atom. The zero-order valence-electron chi connectivity index (χ0n) is 16.8. The number of hydrogen-bond donors (Lipinski definition) is 2. The molecule has 1 amide bonds. The van der Waals surface area contributed by atoms with Gasteiger partial charge < -0.3 is 19.9 Å². The van der Waals surface area contributed by atoms with Crippen LogP contribution in [0.2, 0.25) is 0 Å². The van der Waals surface area contributed by atoms with E-state index in [0.29, 0.717) is 17.9 Å². The van der Waals surface area contributed by atoms with Crippen LogP contribution >= 0.6 is 0 Å². The summed E-state index contributed by atoms with van der Waals surface area (Å²) in [4.78, 5) is 17.6. The van der Waals surface area contributed by atoms with Crippen LogP contribution in [-0.2, 0) is 21.1 Å². The summed E-state index contributed by atoms with van der Waals surface area (Å²) in [5, 5.41) is 22.2. The summed E-state index contributed by atoms with van der Waals surface area (Å²) in [5.74, 6) is -0.164. The van der Waals surface area contributed by atoms with E-state index in [2.05, 4.69) is 10.3 Å². The molecule has 2 aromatic rings. The molecule has 3 fully saturated rings. The Kier molecular flexibility index (Phi) is 4.32. The van der Waals surface area contributed by atoms with Crippen molar-refractivity contribution in [3.05, 3.63) is 53.2 Å². The number of amides is 1. The molecule has 2 N–H and O–H groups in total. The van der Waals surface area contributed by atoms with E-state index in [1.807, 2.05) is 0 Å². The second-order valence-electron chi connectivity index (χ2n) is 8.42. The number of nitrogens with zero attached hydrogens (tertiary/aromatic N) is 2. The summed E-state index contributed by atoms with van der Waals surface area (Å²) in [6, 6.07) is 7.84. The fraction of sp³-hybridized carbons (Fsp3) is 0.409. The number of carbonyl (C=O) groups excluding carboxylic acids is 1. The number of pyridine rings is 1. The number of carbonyl (C=O) groups is 1. The van der Waals surface area contributed by atoms with Gasteiger partial charge in [0.15, 0.2) is 0 Å². The largest absolute Gasteiger partial charge is 0.481 e. The lowest BCUT2D eigenvalue weighted by Crippen LogP contribution is -2.44. The first-order valence-electron chi connectivity index (χ1n) is 9.93. The molecule has 3 aliphatic rings. The Morgan fingerprint density at radius 1 is 1.38 bits per heavy atom. The van der Waals surface area contributed by atoms with Crippen LogP contribution in [-0.4, -0.2) is 41.4 Å². The number of nitrogens with one attached hydrogen (secondary N) is 1. The van der Waals surface area contributed by atoms with Gasteiger partial charge in [0.05, 0.1) is 48.0 Å². The first-order valence-corrected chi connectivity index (χ1v) is 9.93. The number of nitriles is 1. The van der Waals surface area contributed by atoms with Crippen molar-refractivity contribution >= 4 is 11.6 Å². The number of rotatable bonds is 4. The number of alkyl halides is 3. The number of fused-ring (bicyclic) bond motifs is 5. The molecule has 10 heteroatoms. The monoisotopic (exact) mass is 445 g/mol. The smallest absolute Gasteiger partial charge is 0.416 e. The highest BCUT2D eigenvalue weighted by atomic mass is 19.4. The molecule has 0 radical (unpaired) electrons. The third-order valence-electron chi connectivity index (χ3n) is 6.89. The molecule has 2 aliphatic heterocycles. The number of halogens is 3. The second-order valence-corrected chi connectivity index (χ2v) is 8.42. The molecule has 3 heterocycles. The summed E-state index contributed by atoms with van der Waals surface area (Å²) in [7, 11) is 1.46. The number of benzene rings is 1. The van der Waals surface area contributed by atoms with Gasteiger partial charge in [-0.25, -0.2) is 4.98 Å². The lowest BCUT2D eigenvalue weighted by molar-refractivity contribution is -0.137. The number of hydrogen-bond acceptors (Lipinski definition) is 6. The minimum absolute atomic E-state index is 0.118. The van der Waals surface area contributed by atoms with Crippen molar-refractivity contribution in [3.63, 3.8) is 0 Å². The molecule has 166 valence electrons. The number of ether oxygens (including phenoxy) is 2. The van der Waals surface area contributed by atoms with Gasteiger partial charge in [-0.3, -0.25) is 4.79 Å².